The number of esters is 1. The Labute approximate surface area is 219 Å². The first-order chi connectivity index (χ1) is 18.3. The predicted octanol–water partition coefficient (Wildman–Crippen LogP) is 8.83. The van der Waals surface area contributed by atoms with Gasteiger partial charge in [-0.1, -0.05) is 80.1 Å². The van der Waals surface area contributed by atoms with Gasteiger partial charge in [0.25, 0.3) is 6.43 Å². The summed E-state index contributed by atoms with van der Waals surface area (Å²) in [5, 5.41) is 0. The third-order valence-electron chi connectivity index (χ3n) is 6.09. The molecule has 0 unspecified atom stereocenters. The Morgan fingerprint density at radius 1 is 0.789 bits per heavy atom. The average molecular weight is 519 g/mol. The topological polar surface area (TPSA) is 26.3 Å². The van der Waals surface area contributed by atoms with Gasteiger partial charge in [-0.05, 0) is 58.9 Å². The summed E-state index contributed by atoms with van der Waals surface area (Å²) in [7, 11) is 0. The number of rotatable bonds is 9. The minimum Gasteiger partial charge on any atom is -0.423 e. The largest absolute Gasteiger partial charge is 0.423 e. The fourth-order valence-corrected chi connectivity index (χ4v) is 4.09. The summed E-state index contributed by atoms with van der Waals surface area (Å²) in [6.07, 6.45) is 0.658. The lowest BCUT2D eigenvalue weighted by Crippen LogP contribution is -2.09. The van der Waals surface area contributed by atoms with Crippen molar-refractivity contribution in [3.8, 4) is 28.0 Å². The van der Waals surface area contributed by atoms with E-state index < -0.39 is 24.0 Å². The molecule has 0 aliphatic heterocycles. The van der Waals surface area contributed by atoms with E-state index in [0.717, 1.165) is 53.3 Å². The van der Waals surface area contributed by atoms with Gasteiger partial charge in [0.05, 0.1) is 5.56 Å². The first-order valence-corrected chi connectivity index (χ1v) is 12.3. The van der Waals surface area contributed by atoms with E-state index in [4.69, 9.17) is 4.74 Å². The van der Waals surface area contributed by atoms with Crippen LogP contribution in [0.3, 0.4) is 0 Å². The zero-order valence-corrected chi connectivity index (χ0v) is 20.8. The molecule has 0 atom stereocenters. The second-order valence-corrected chi connectivity index (χ2v) is 8.82. The molecule has 0 aliphatic rings. The smallest absolute Gasteiger partial charge is 0.343 e. The van der Waals surface area contributed by atoms with Crippen LogP contribution in [0.4, 0.5) is 17.6 Å². The van der Waals surface area contributed by atoms with E-state index in [2.05, 4.69) is 31.2 Å². The maximum atomic E-state index is 14.3. The van der Waals surface area contributed by atoms with Crippen molar-refractivity contribution in [2.45, 2.75) is 32.6 Å². The summed E-state index contributed by atoms with van der Waals surface area (Å²) in [6, 6.07) is 25.1. The van der Waals surface area contributed by atoms with Crippen molar-refractivity contribution >= 4 is 5.97 Å². The van der Waals surface area contributed by atoms with Crippen LogP contribution in [-0.4, -0.2) is 12.4 Å². The van der Waals surface area contributed by atoms with E-state index in [9.17, 15) is 22.4 Å². The van der Waals surface area contributed by atoms with Crippen molar-refractivity contribution in [2.24, 2.45) is 0 Å². The van der Waals surface area contributed by atoms with Gasteiger partial charge in [0, 0.05) is 17.7 Å². The molecule has 0 heterocycles. The Hall–Kier alpha value is -4.19. The molecule has 0 aliphatic carbocycles. The van der Waals surface area contributed by atoms with Gasteiger partial charge < -0.3 is 4.74 Å². The molecule has 0 radical (unpaired) electrons. The van der Waals surface area contributed by atoms with Crippen LogP contribution in [0.15, 0.2) is 97.1 Å². The third-order valence-corrected chi connectivity index (χ3v) is 6.09. The van der Waals surface area contributed by atoms with Gasteiger partial charge in [0.15, 0.2) is 0 Å². The van der Waals surface area contributed by atoms with Crippen LogP contribution in [0, 0.1) is 11.6 Å². The maximum absolute atomic E-state index is 14.3. The molecule has 4 aromatic carbocycles. The Morgan fingerprint density at radius 3 is 1.74 bits per heavy atom. The second kappa shape index (κ2) is 12.4. The molecule has 4 aromatic rings. The van der Waals surface area contributed by atoms with Crippen LogP contribution < -0.4 is 4.74 Å². The van der Waals surface area contributed by atoms with Crippen LogP contribution in [0.5, 0.6) is 5.75 Å². The molecular weight excluding hydrogens is 492 g/mol. The zero-order chi connectivity index (χ0) is 27.1. The molecule has 0 bridgehead atoms. The lowest BCUT2D eigenvalue weighted by atomic mass is 9.98. The molecule has 38 heavy (non-hydrogen) atoms. The molecule has 194 valence electrons. The van der Waals surface area contributed by atoms with Gasteiger partial charge >= 0.3 is 5.97 Å². The Morgan fingerprint density at radius 2 is 1.26 bits per heavy atom. The Kier molecular flexibility index (Phi) is 8.74. The van der Waals surface area contributed by atoms with Gasteiger partial charge in [-0.3, -0.25) is 0 Å². The van der Waals surface area contributed by atoms with Crippen LogP contribution >= 0.6 is 0 Å². The SMILES string of the molecule is CCCc1ccc(-c2ccc(-c3ccc(C(=O)Oc4cc(F)c(C/C=C/C(F)F)c(F)c4)cc3)cc2)cc1. The number of alkyl halides is 2. The monoisotopic (exact) mass is 518 g/mol. The van der Waals surface area contributed by atoms with Crippen LogP contribution in [-0.2, 0) is 12.8 Å². The maximum Gasteiger partial charge on any atom is 0.343 e. The zero-order valence-electron chi connectivity index (χ0n) is 20.8. The minimum atomic E-state index is -2.71. The Bertz CT molecular complexity index is 1380. The summed E-state index contributed by atoms with van der Waals surface area (Å²) in [5.74, 6) is -3.05. The van der Waals surface area contributed by atoms with Crippen molar-refractivity contribution in [1.82, 2.24) is 0 Å². The summed E-state index contributed by atoms with van der Waals surface area (Å²) in [6.45, 7) is 2.16. The van der Waals surface area contributed by atoms with E-state index in [-0.39, 0.29) is 23.3 Å². The highest BCUT2D eigenvalue weighted by molar-refractivity contribution is 5.91. The number of carbonyl (C=O) groups is 1. The fourth-order valence-electron chi connectivity index (χ4n) is 4.09. The summed E-state index contributed by atoms with van der Waals surface area (Å²) in [4.78, 5) is 12.5. The van der Waals surface area contributed by atoms with Crippen LogP contribution in [0.2, 0.25) is 0 Å². The summed E-state index contributed by atoms with van der Waals surface area (Å²) >= 11 is 0. The van der Waals surface area contributed by atoms with Crippen molar-refractivity contribution < 1.29 is 27.1 Å². The van der Waals surface area contributed by atoms with Gasteiger partial charge in [0.2, 0.25) is 0 Å². The molecule has 0 amide bonds. The molecule has 0 spiro atoms. The number of hydrogen-bond acceptors (Lipinski definition) is 2. The lowest BCUT2D eigenvalue weighted by Gasteiger charge is -2.09. The molecule has 0 fully saturated rings. The minimum absolute atomic E-state index is 0.210. The molecule has 0 saturated heterocycles. The normalized spacial score (nSPS) is 11.3. The first-order valence-electron chi connectivity index (χ1n) is 12.3. The second-order valence-electron chi connectivity index (χ2n) is 8.82. The van der Waals surface area contributed by atoms with Crippen molar-refractivity contribution in [3.63, 3.8) is 0 Å². The van der Waals surface area contributed by atoms with Crippen molar-refractivity contribution in [3.05, 3.63) is 125 Å². The summed E-state index contributed by atoms with van der Waals surface area (Å²) < 4.78 is 58.1. The van der Waals surface area contributed by atoms with Crippen molar-refractivity contribution in [2.75, 3.05) is 0 Å². The van der Waals surface area contributed by atoms with E-state index in [1.165, 1.54) is 5.56 Å². The Balaban J connectivity index is 1.42. The van der Waals surface area contributed by atoms with Crippen molar-refractivity contribution in [1.29, 1.82) is 0 Å². The molecule has 4 rings (SSSR count). The molecule has 0 aromatic heterocycles. The van der Waals surface area contributed by atoms with Gasteiger partial charge in [0.1, 0.15) is 17.4 Å². The quantitative estimate of drug-likeness (QED) is 0.0958. The number of hydrogen-bond donors (Lipinski definition) is 0. The number of carbonyl (C=O) groups excluding carboxylic acids is 1. The number of allylic oxidation sites excluding steroid dienone is 2. The third kappa shape index (κ3) is 6.76. The standard InChI is InChI=1S/C32H26F4O2/c1-2-4-21-7-9-22(10-8-21)23-11-13-24(14-12-23)25-15-17-26(18-16-25)32(37)38-27-19-29(33)28(30(34)20-27)5-3-6-31(35)36/h3,6-20,31H,2,4-5H2,1H3/b6-3+. The average Bonchev–Trinajstić information content (AvgIpc) is 2.91. The predicted molar refractivity (Wildman–Crippen MR) is 141 cm³/mol. The number of ether oxygens (including phenoxy) is 1. The first kappa shape index (κ1) is 26.9. The van der Waals surface area contributed by atoms with Crippen LogP contribution in [0.1, 0.15) is 34.8 Å². The number of benzene rings is 4. The molecule has 0 N–H and O–H groups in total. The summed E-state index contributed by atoms with van der Waals surface area (Å²) in [5.41, 5.74) is 5.25. The molecule has 0 saturated carbocycles. The van der Waals surface area contributed by atoms with Gasteiger partial charge in [-0.25, -0.2) is 22.4 Å². The highest BCUT2D eigenvalue weighted by Crippen LogP contribution is 2.27. The highest BCUT2D eigenvalue weighted by atomic mass is 19.3. The van der Waals surface area contributed by atoms with Gasteiger partial charge in [-0.2, -0.15) is 0 Å². The van der Waals surface area contributed by atoms with E-state index in [1.807, 2.05) is 24.3 Å². The fraction of sp³-hybridized carbons (Fsp3) is 0.156. The lowest BCUT2D eigenvalue weighted by molar-refractivity contribution is 0.0734. The molecule has 6 heteroatoms. The van der Waals surface area contributed by atoms with E-state index in [1.54, 1.807) is 24.3 Å². The van der Waals surface area contributed by atoms with E-state index >= 15 is 0 Å². The molecular formula is C32H26F4O2. The van der Waals surface area contributed by atoms with E-state index in [0.29, 0.717) is 6.08 Å². The van der Waals surface area contributed by atoms with Crippen LogP contribution in [0.25, 0.3) is 22.3 Å². The van der Waals surface area contributed by atoms with Gasteiger partial charge in [-0.15, -0.1) is 0 Å². The molecule has 2 nitrogen and oxygen atoms in total. The number of halogens is 4. The number of aryl methyl sites for hydroxylation is 1. The highest BCUT2D eigenvalue weighted by Gasteiger charge is 2.15.